The summed E-state index contributed by atoms with van der Waals surface area (Å²) in [6, 6.07) is -0.0499. The first-order valence-corrected chi connectivity index (χ1v) is 8.63. The minimum Gasteiger partial charge on any atom is -0.396 e. The zero-order valence-corrected chi connectivity index (χ0v) is 13.5. The van der Waals surface area contributed by atoms with E-state index in [0.717, 1.165) is 24.3 Å². The molecule has 1 aromatic rings. The molecule has 0 bridgehead atoms. The van der Waals surface area contributed by atoms with Gasteiger partial charge in [-0.3, -0.25) is 0 Å². The molecule has 2 amide bonds. The van der Waals surface area contributed by atoms with Crippen molar-refractivity contribution in [1.29, 1.82) is 0 Å². The molecule has 1 unspecified atom stereocenters. The number of hydrogen-bond acceptors (Lipinski definition) is 4. The van der Waals surface area contributed by atoms with E-state index in [1.807, 2.05) is 6.92 Å². The zero-order valence-electron chi connectivity index (χ0n) is 12.7. The van der Waals surface area contributed by atoms with Crippen molar-refractivity contribution >= 4 is 17.4 Å². The predicted octanol–water partition coefficient (Wildman–Crippen LogP) is 2.02. The first-order valence-electron chi connectivity index (χ1n) is 7.81. The lowest BCUT2D eigenvalue weighted by Crippen LogP contribution is -2.41. The number of rotatable bonds is 7. The molecule has 1 atom stereocenters. The number of nitrogens with zero attached hydrogens (tertiary/aromatic N) is 1. The third kappa shape index (κ3) is 5.28. The Kier molecular flexibility index (Phi) is 6.45. The van der Waals surface area contributed by atoms with Crippen molar-refractivity contribution < 1.29 is 9.90 Å². The molecule has 1 heterocycles. The maximum Gasteiger partial charge on any atom is 0.315 e. The van der Waals surface area contributed by atoms with Crippen LogP contribution in [0.25, 0.3) is 0 Å². The molecule has 21 heavy (non-hydrogen) atoms. The zero-order chi connectivity index (χ0) is 15.1. The molecule has 2 rings (SSSR count). The lowest BCUT2D eigenvalue weighted by atomic mass is 10.0. The maximum absolute atomic E-state index is 11.7. The minimum absolute atomic E-state index is 0.0873. The van der Waals surface area contributed by atoms with Crippen molar-refractivity contribution in [3.05, 3.63) is 15.6 Å². The summed E-state index contributed by atoms with van der Waals surface area (Å²) in [7, 11) is 0. The van der Waals surface area contributed by atoms with Gasteiger partial charge in [-0.25, -0.2) is 9.78 Å². The molecule has 0 fully saturated rings. The quantitative estimate of drug-likeness (QED) is 0.721. The molecule has 0 saturated carbocycles. The Bertz CT molecular complexity index is 438. The molecule has 1 aliphatic carbocycles. The number of aryl methyl sites for hydroxylation is 2. The normalized spacial score (nSPS) is 15.3. The first kappa shape index (κ1) is 16.2. The van der Waals surface area contributed by atoms with E-state index in [1.165, 1.54) is 29.8 Å². The lowest BCUT2D eigenvalue weighted by molar-refractivity contribution is 0.234. The van der Waals surface area contributed by atoms with Crippen LogP contribution < -0.4 is 10.6 Å². The number of carbonyl (C=O) groups excluding carboxylic acids is 1. The van der Waals surface area contributed by atoms with E-state index in [1.54, 1.807) is 11.3 Å². The van der Waals surface area contributed by atoms with Gasteiger partial charge in [0.05, 0.1) is 10.7 Å². The Hall–Kier alpha value is -1.14. The van der Waals surface area contributed by atoms with Gasteiger partial charge in [0, 0.05) is 30.5 Å². The smallest absolute Gasteiger partial charge is 0.315 e. The standard InChI is InChI=1S/C15H25N3O2S/c1-11(5-4-10-19)17-15(20)16-9-8-14-18-12-6-2-3-7-13(12)21-14/h11,19H,2-10H2,1H3,(H2,16,17,20). The fraction of sp³-hybridized carbons (Fsp3) is 0.733. The van der Waals surface area contributed by atoms with Gasteiger partial charge in [-0.2, -0.15) is 0 Å². The fourth-order valence-corrected chi connectivity index (χ4v) is 3.70. The van der Waals surface area contributed by atoms with Gasteiger partial charge < -0.3 is 15.7 Å². The van der Waals surface area contributed by atoms with E-state index in [9.17, 15) is 4.79 Å². The second-order valence-electron chi connectivity index (χ2n) is 5.60. The second kappa shape index (κ2) is 8.34. The number of hydrogen-bond donors (Lipinski definition) is 3. The molecule has 0 saturated heterocycles. The van der Waals surface area contributed by atoms with Crippen molar-refractivity contribution in [2.45, 2.75) is 57.9 Å². The van der Waals surface area contributed by atoms with Gasteiger partial charge in [0.1, 0.15) is 0 Å². The molecule has 0 radical (unpaired) electrons. The predicted molar refractivity (Wildman–Crippen MR) is 84.8 cm³/mol. The molecule has 0 spiro atoms. The van der Waals surface area contributed by atoms with Crippen molar-refractivity contribution in [2.24, 2.45) is 0 Å². The Morgan fingerprint density at radius 3 is 3.00 bits per heavy atom. The summed E-state index contributed by atoms with van der Waals surface area (Å²) in [5, 5.41) is 15.6. The Balaban J connectivity index is 1.66. The monoisotopic (exact) mass is 311 g/mol. The summed E-state index contributed by atoms with van der Waals surface area (Å²) in [5.74, 6) is 0. The molecular formula is C15H25N3O2S. The van der Waals surface area contributed by atoms with Crippen molar-refractivity contribution in [1.82, 2.24) is 15.6 Å². The number of aromatic nitrogens is 1. The Labute approximate surface area is 130 Å². The van der Waals surface area contributed by atoms with Crippen LogP contribution in [0.3, 0.4) is 0 Å². The summed E-state index contributed by atoms with van der Waals surface area (Å²) >= 11 is 1.80. The summed E-state index contributed by atoms with van der Waals surface area (Å²) in [6.45, 7) is 2.73. The number of nitrogens with one attached hydrogen (secondary N) is 2. The number of aliphatic hydroxyl groups excluding tert-OH is 1. The molecule has 1 aliphatic rings. The molecule has 5 nitrogen and oxygen atoms in total. The molecule has 0 aliphatic heterocycles. The van der Waals surface area contributed by atoms with Gasteiger partial charge in [0.2, 0.25) is 0 Å². The largest absolute Gasteiger partial charge is 0.396 e. The lowest BCUT2D eigenvalue weighted by Gasteiger charge is -2.13. The topological polar surface area (TPSA) is 74.2 Å². The third-order valence-electron chi connectivity index (χ3n) is 3.69. The average molecular weight is 311 g/mol. The summed E-state index contributed by atoms with van der Waals surface area (Å²) in [6.07, 6.45) is 7.13. The SMILES string of the molecule is CC(CCCO)NC(=O)NCCc1nc2c(s1)CCCC2. The van der Waals surface area contributed by atoms with Crippen molar-refractivity contribution in [3.63, 3.8) is 0 Å². The van der Waals surface area contributed by atoms with E-state index < -0.39 is 0 Å². The number of amides is 2. The van der Waals surface area contributed by atoms with Crippen LogP contribution >= 0.6 is 11.3 Å². The van der Waals surface area contributed by atoms with Crippen LogP contribution in [-0.2, 0) is 19.3 Å². The van der Waals surface area contributed by atoms with Gasteiger partial charge >= 0.3 is 6.03 Å². The highest BCUT2D eigenvalue weighted by molar-refractivity contribution is 7.11. The molecule has 1 aromatic heterocycles. The van der Waals surface area contributed by atoms with Gasteiger partial charge in [0.25, 0.3) is 0 Å². The highest BCUT2D eigenvalue weighted by Crippen LogP contribution is 2.26. The van der Waals surface area contributed by atoms with E-state index in [4.69, 9.17) is 5.11 Å². The van der Waals surface area contributed by atoms with E-state index >= 15 is 0 Å². The average Bonchev–Trinajstić information content (AvgIpc) is 2.87. The molecule has 0 aromatic carbocycles. The second-order valence-corrected chi connectivity index (χ2v) is 6.77. The van der Waals surface area contributed by atoms with Gasteiger partial charge in [-0.05, 0) is 45.4 Å². The molecule has 6 heteroatoms. The van der Waals surface area contributed by atoms with Crippen LogP contribution in [0, 0.1) is 0 Å². The number of urea groups is 1. The Morgan fingerprint density at radius 1 is 1.43 bits per heavy atom. The molecule has 3 N–H and O–H groups in total. The van der Waals surface area contributed by atoms with Crippen LogP contribution in [0.5, 0.6) is 0 Å². The van der Waals surface area contributed by atoms with Crippen molar-refractivity contribution in [3.8, 4) is 0 Å². The maximum atomic E-state index is 11.7. The highest BCUT2D eigenvalue weighted by atomic mass is 32.1. The Morgan fingerprint density at radius 2 is 2.24 bits per heavy atom. The van der Waals surface area contributed by atoms with Crippen LogP contribution in [0.2, 0.25) is 0 Å². The van der Waals surface area contributed by atoms with Crippen LogP contribution in [-0.4, -0.2) is 35.3 Å². The summed E-state index contributed by atoms with van der Waals surface area (Å²) in [5.41, 5.74) is 1.28. The summed E-state index contributed by atoms with van der Waals surface area (Å²) < 4.78 is 0. The fourth-order valence-electron chi connectivity index (χ4n) is 2.54. The molecular weight excluding hydrogens is 286 g/mol. The van der Waals surface area contributed by atoms with Crippen LogP contribution in [0.1, 0.15) is 48.2 Å². The molecule has 118 valence electrons. The number of fused-ring (bicyclic) bond motifs is 1. The van der Waals surface area contributed by atoms with Crippen LogP contribution in [0.15, 0.2) is 0 Å². The number of carbonyl (C=O) groups is 1. The number of thiazole rings is 1. The first-order chi connectivity index (χ1) is 10.2. The van der Waals surface area contributed by atoms with Crippen LogP contribution in [0.4, 0.5) is 4.79 Å². The van der Waals surface area contributed by atoms with E-state index in [-0.39, 0.29) is 18.7 Å². The van der Waals surface area contributed by atoms with Gasteiger partial charge in [-0.15, -0.1) is 11.3 Å². The van der Waals surface area contributed by atoms with E-state index in [0.29, 0.717) is 13.0 Å². The number of aliphatic hydroxyl groups is 1. The minimum atomic E-state index is -0.137. The van der Waals surface area contributed by atoms with Crippen molar-refractivity contribution in [2.75, 3.05) is 13.2 Å². The third-order valence-corrected chi connectivity index (χ3v) is 4.90. The van der Waals surface area contributed by atoms with Gasteiger partial charge in [-0.1, -0.05) is 0 Å². The van der Waals surface area contributed by atoms with Gasteiger partial charge in [0.15, 0.2) is 0 Å². The highest BCUT2D eigenvalue weighted by Gasteiger charge is 2.15. The summed E-state index contributed by atoms with van der Waals surface area (Å²) in [4.78, 5) is 17.8. The van der Waals surface area contributed by atoms with E-state index in [2.05, 4.69) is 15.6 Å².